The lowest BCUT2D eigenvalue weighted by atomic mass is 10.1. The molecule has 0 spiro atoms. The van der Waals surface area contributed by atoms with Crippen LogP contribution in [0.3, 0.4) is 0 Å². The molecule has 0 aromatic heterocycles. The largest absolute Gasteiger partial charge is 0.322 e. The fourth-order valence-electron chi connectivity index (χ4n) is 3.07. The van der Waals surface area contributed by atoms with Gasteiger partial charge in [-0.1, -0.05) is 41.1 Å². The average Bonchev–Trinajstić information content (AvgIpc) is 3.09. The van der Waals surface area contributed by atoms with Crippen molar-refractivity contribution in [2.45, 2.75) is 32.7 Å². The summed E-state index contributed by atoms with van der Waals surface area (Å²) in [4.78, 5) is 14.9. The normalized spacial score (nSPS) is 14.8. The standard InChI is InChI=1S/C20H23BrN2O/c1-2-16-7-8-17(13-19(16)21)20(24)22-18-9-5-15(6-10-18)14-23-11-3-4-12-23/h5-10,13H,2-4,11-12,14H2,1H3,(H,22,24). The molecule has 2 aromatic carbocycles. The first kappa shape index (κ1) is 17.2. The van der Waals surface area contributed by atoms with E-state index >= 15 is 0 Å². The van der Waals surface area contributed by atoms with Crippen molar-refractivity contribution in [1.29, 1.82) is 0 Å². The van der Waals surface area contributed by atoms with Gasteiger partial charge in [-0.05, 0) is 67.7 Å². The van der Waals surface area contributed by atoms with Crippen molar-refractivity contribution in [3.05, 3.63) is 63.6 Å². The van der Waals surface area contributed by atoms with Gasteiger partial charge < -0.3 is 5.32 Å². The van der Waals surface area contributed by atoms with Gasteiger partial charge in [0.05, 0.1) is 0 Å². The van der Waals surface area contributed by atoms with E-state index in [1.165, 1.54) is 37.1 Å². The van der Waals surface area contributed by atoms with E-state index in [1.54, 1.807) is 0 Å². The zero-order valence-electron chi connectivity index (χ0n) is 14.0. The first-order valence-electron chi connectivity index (χ1n) is 8.57. The van der Waals surface area contributed by atoms with Crippen LogP contribution >= 0.6 is 15.9 Å². The lowest BCUT2D eigenvalue weighted by Gasteiger charge is -2.15. The molecule has 2 aromatic rings. The maximum Gasteiger partial charge on any atom is 0.255 e. The topological polar surface area (TPSA) is 32.3 Å². The first-order chi connectivity index (χ1) is 11.7. The number of nitrogens with one attached hydrogen (secondary N) is 1. The smallest absolute Gasteiger partial charge is 0.255 e. The maximum absolute atomic E-state index is 12.4. The van der Waals surface area contributed by atoms with Gasteiger partial charge in [-0.3, -0.25) is 9.69 Å². The molecule has 0 aliphatic carbocycles. The summed E-state index contributed by atoms with van der Waals surface area (Å²) in [5, 5.41) is 2.97. The van der Waals surface area contributed by atoms with Gasteiger partial charge in [-0.2, -0.15) is 0 Å². The fraction of sp³-hybridized carbons (Fsp3) is 0.350. The minimum Gasteiger partial charge on any atom is -0.322 e. The van der Waals surface area contributed by atoms with Crippen LogP contribution in [0.1, 0.15) is 41.3 Å². The number of hydrogen-bond donors (Lipinski definition) is 1. The van der Waals surface area contributed by atoms with Gasteiger partial charge in [0.15, 0.2) is 0 Å². The highest BCUT2D eigenvalue weighted by Gasteiger charge is 2.12. The molecule has 0 unspecified atom stereocenters. The van der Waals surface area contributed by atoms with Crippen LogP contribution in [-0.4, -0.2) is 23.9 Å². The summed E-state index contributed by atoms with van der Waals surface area (Å²) in [7, 11) is 0. The Bertz CT molecular complexity index is 706. The number of amides is 1. The molecule has 1 fully saturated rings. The van der Waals surface area contributed by atoms with Crippen molar-refractivity contribution in [3.8, 4) is 0 Å². The number of rotatable bonds is 5. The van der Waals surface area contributed by atoms with E-state index in [0.717, 1.165) is 23.1 Å². The average molecular weight is 387 g/mol. The SMILES string of the molecule is CCc1ccc(C(=O)Nc2ccc(CN3CCCC3)cc2)cc1Br. The zero-order valence-corrected chi connectivity index (χ0v) is 15.6. The van der Waals surface area contributed by atoms with Crippen molar-refractivity contribution in [2.24, 2.45) is 0 Å². The third kappa shape index (κ3) is 4.25. The number of carbonyl (C=O) groups is 1. The van der Waals surface area contributed by atoms with Crippen LogP contribution in [0.5, 0.6) is 0 Å². The quantitative estimate of drug-likeness (QED) is 0.795. The second-order valence-electron chi connectivity index (χ2n) is 6.29. The van der Waals surface area contributed by atoms with Gasteiger partial charge >= 0.3 is 0 Å². The van der Waals surface area contributed by atoms with Crippen LogP contribution in [0.15, 0.2) is 46.9 Å². The molecular weight excluding hydrogens is 364 g/mol. The van der Waals surface area contributed by atoms with Crippen LogP contribution in [0.2, 0.25) is 0 Å². The van der Waals surface area contributed by atoms with E-state index in [0.29, 0.717) is 5.56 Å². The second-order valence-corrected chi connectivity index (χ2v) is 7.15. The minimum absolute atomic E-state index is 0.0781. The van der Waals surface area contributed by atoms with E-state index in [2.05, 4.69) is 45.2 Å². The van der Waals surface area contributed by atoms with Crippen molar-refractivity contribution in [2.75, 3.05) is 18.4 Å². The maximum atomic E-state index is 12.4. The minimum atomic E-state index is -0.0781. The summed E-state index contributed by atoms with van der Waals surface area (Å²) < 4.78 is 0.985. The highest BCUT2D eigenvalue weighted by atomic mass is 79.9. The second kappa shape index (κ2) is 7.95. The van der Waals surface area contributed by atoms with Crippen LogP contribution in [0.4, 0.5) is 5.69 Å². The molecule has 1 aliphatic heterocycles. The third-order valence-electron chi connectivity index (χ3n) is 4.51. The lowest BCUT2D eigenvalue weighted by molar-refractivity contribution is 0.102. The molecule has 1 saturated heterocycles. The Morgan fingerprint density at radius 2 is 1.83 bits per heavy atom. The number of carbonyl (C=O) groups excluding carboxylic acids is 1. The van der Waals surface area contributed by atoms with Gasteiger partial charge in [-0.15, -0.1) is 0 Å². The summed E-state index contributed by atoms with van der Waals surface area (Å²) in [6.07, 6.45) is 3.56. The Hall–Kier alpha value is -1.65. The summed E-state index contributed by atoms with van der Waals surface area (Å²) in [5.74, 6) is -0.0781. The van der Waals surface area contributed by atoms with Gasteiger partial charge in [0.25, 0.3) is 5.91 Å². The number of likely N-dealkylation sites (tertiary alicyclic amines) is 1. The highest BCUT2D eigenvalue weighted by Crippen LogP contribution is 2.20. The monoisotopic (exact) mass is 386 g/mol. The first-order valence-corrected chi connectivity index (χ1v) is 9.36. The van der Waals surface area contributed by atoms with Gasteiger partial charge in [0.1, 0.15) is 0 Å². The Balaban J connectivity index is 1.62. The third-order valence-corrected chi connectivity index (χ3v) is 5.25. The van der Waals surface area contributed by atoms with Crippen molar-refractivity contribution in [1.82, 2.24) is 4.90 Å². The Kier molecular flexibility index (Phi) is 5.69. The molecule has 0 saturated carbocycles. The van der Waals surface area contributed by atoms with Gasteiger partial charge in [-0.25, -0.2) is 0 Å². The molecule has 1 N–H and O–H groups in total. The molecule has 0 atom stereocenters. The molecular formula is C20H23BrN2O. The van der Waals surface area contributed by atoms with Crippen molar-refractivity contribution in [3.63, 3.8) is 0 Å². The Morgan fingerprint density at radius 1 is 1.12 bits per heavy atom. The van der Waals surface area contributed by atoms with Crippen molar-refractivity contribution >= 4 is 27.5 Å². The van der Waals surface area contributed by atoms with Crippen molar-refractivity contribution < 1.29 is 4.79 Å². The fourth-order valence-corrected chi connectivity index (χ4v) is 3.73. The predicted octanol–water partition coefficient (Wildman–Crippen LogP) is 4.86. The molecule has 4 heteroatoms. The number of anilines is 1. The molecule has 24 heavy (non-hydrogen) atoms. The molecule has 126 valence electrons. The van der Waals surface area contributed by atoms with Gasteiger partial charge in [0, 0.05) is 22.3 Å². The van der Waals surface area contributed by atoms with E-state index in [9.17, 15) is 4.79 Å². The highest BCUT2D eigenvalue weighted by molar-refractivity contribution is 9.10. The molecule has 1 amide bonds. The Morgan fingerprint density at radius 3 is 2.46 bits per heavy atom. The summed E-state index contributed by atoms with van der Waals surface area (Å²) in [6.45, 7) is 5.49. The summed E-state index contributed by atoms with van der Waals surface area (Å²) >= 11 is 3.53. The predicted molar refractivity (Wildman–Crippen MR) is 102 cm³/mol. The van der Waals surface area contributed by atoms with E-state index in [1.807, 2.05) is 30.3 Å². The van der Waals surface area contributed by atoms with Crippen LogP contribution in [0, 0.1) is 0 Å². The molecule has 1 aliphatic rings. The molecule has 3 nitrogen and oxygen atoms in total. The number of nitrogens with zero attached hydrogens (tertiary/aromatic N) is 1. The molecule has 3 rings (SSSR count). The lowest BCUT2D eigenvalue weighted by Crippen LogP contribution is -2.18. The number of hydrogen-bond acceptors (Lipinski definition) is 2. The number of benzene rings is 2. The number of halogens is 1. The zero-order chi connectivity index (χ0) is 16.9. The van der Waals surface area contributed by atoms with E-state index in [-0.39, 0.29) is 5.91 Å². The van der Waals surface area contributed by atoms with E-state index < -0.39 is 0 Å². The summed E-state index contributed by atoms with van der Waals surface area (Å²) in [5.41, 5.74) is 4.00. The van der Waals surface area contributed by atoms with Crippen LogP contribution in [0.25, 0.3) is 0 Å². The summed E-state index contributed by atoms with van der Waals surface area (Å²) in [6, 6.07) is 13.9. The molecule has 0 bridgehead atoms. The van der Waals surface area contributed by atoms with Crippen LogP contribution in [-0.2, 0) is 13.0 Å². The van der Waals surface area contributed by atoms with E-state index in [4.69, 9.17) is 0 Å². The van der Waals surface area contributed by atoms with Crippen LogP contribution < -0.4 is 5.32 Å². The molecule has 0 radical (unpaired) electrons. The Labute approximate surface area is 152 Å². The van der Waals surface area contributed by atoms with Gasteiger partial charge in [0.2, 0.25) is 0 Å². The molecule has 1 heterocycles. The number of aryl methyl sites for hydroxylation is 1.